The maximum atomic E-state index is 5.57. The lowest BCUT2D eigenvalue weighted by molar-refractivity contribution is 0.0263. The van der Waals surface area contributed by atoms with Crippen molar-refractivity contribution >= 4 is 0 Å². The van der Waals surface area contributed by atoms with E-state index in [1.54, 1.807) is 7.11 Å². The average molecular weight is 238 g/mol. The van der Waals surface area contributed by atoms with E-state index in [9.17, 15) is 0 Å². The molecule has 1 aliphatic rings. The molecule has 4 heteroatoms. The Morgan fingerprint density at radius 1 is 1.59 bits per heavy atom. The van der Waals surface area contributed by atoms with Crippen molar-refractivity contribution in [1.82, 2.24) is 10.2 Å². The lowest BCUT2D eigenvalue weighted by Gasteiger charge is -2.31. The molecule has 4 nitrogen and oxygen atoms in total. The molecule has 1 unspecified atom stereocenters. The van der Waals surface area contributed by atoms with Crippen LogP contribution < -0.4 is 5.32 Å². The third kappa shape index (κ3) is 3.56. The number of rotatable bonds is 5. The second-order valence-corrected chi connectivity index (χ2v) is 4.69. The molecule has 1 saturated heterocycles. The molecule has 0 saturated carbocycles. The summed E-state index contributed by atoms with van der Waals surface area (Å²) in [6.45, 7) is 3.91. The van der Waals surface area contributed by atoms with Gasteiger partial charge in [-0.25, -0.2) is 0 Å². The molecule has 0 aliphatic carbocycles. The van der Waals surface area contributed by atoms with Crippen LogP contribution in [-0.4, -0.2) is 38.3 Å². The Morgan fingerprint density at radius 3 is 3.24 bits per heavy atom. The molecule has 0 radical (unpaired) electrons. The van der Waals surface area contributed by atoms with E-state index < -0.39 is 0 Å². The van der Waals surface area contributed by atoms with Crippen LogP contribution in [0.1, 0.15) is 24.2 Å². The van der Waals surface area contributed by atoms with Crippen molar-refractivity contribution in [2.45, 2.75) is 32.0 Å². The summed E-state index contributed by atoms with van der Waals surface area (Å²) in [5, 5.41) is 3.12. The van der Waals surface area contributed by atoms with E-state index in [1.807, 2.05) is 13.3 Å². The zero-order valence-corrected chi connectivity index (χ0v) is 10.7. The van der Waals surface area contributed by atoms with Gasteiger partial charge in [-0.2, -0.15) is 0 Å². The van der Waals surface area contributed by atoms with Crippen LogP contribution in [0.4, 0.5) is 0 Å². The normalized spacial score (nSPS) is 21.9. The molecule has 1 aliphatic heterocycles. The predicted molar refractivity (Wildman–Crippen MR) is 66.8 cm³/mol. The molecule has 1 aromatic rings. The second kappa shape index (κ2) is 6.19. The van der Waals surface area contributed by atoms with Gasteiger partial charge in [0.15, 0.2) is 0 Å². The molecular formula is C13H22N2O2. The highest BCUT2D eigenvalue weighted by atomic mass is 16.5. The number of nitrogens with one attached hydrogen (secondary N) is 1. The Bertz CT molecular complexity index is 338. The third-order valence-corrected chi connectivity index (χ3v) is 3.26. The van der Waals surface area contributed by atoms with Gasteiger partial charge in [-0.1, -0.05) is 0 Å². The molecule has 0 amide bonds. The first-order chi connectivity index (χ1) is 8.31. The topological polar surface area (TPSA) is 37.6 Å². The second-order valence-electron chi connectivity index (χ2n) is 4.69. The molecule has 0 aromatic carbocycles. The van der Waals surface area contributed by atoms with Gasteiger partial charge in [-0.3, -0.25) is 4.90 Å². The zero-order valence-electron chi connectivity index (χ0n) is 10.7. The van der Waals surface area contributed by atoms with E-state index in [1.165, 1.54) is 18.4 Å². The van der Waals surface area contributed by atoms with Crippen molar-refractivity contribution in [3.8, 4) is 0 Å². The van der Waals surface area contributed by atoms with Crippen LogP contribution in [0.5, 0.6) is 0 Å². The van der Waals surface area contributed by atoms with Crippen molar-refractivity contribution in [2.24, 2.45) is 0 Å². The zero-order chi connectivity index (χ0) is 12.1. The highest BCUT2D eigenvalue weighted by molar-refractivity contribution is 5.12. The number of likely N-dealkylation sites (tertiary alicyclic amines) is 1. The molecule has 96 valence electrons. The number of hydrogen-bond acceptors (Lipinski definition) is 4. The van der Waals surface area contributed by atoms with Crippen molar-refractivity contribution in [3.63, 3.8) is 0 Å². The van der Waals surface area contributed by atoms with Gasteiger partial charge in [0.1, 0.15) is 5.76 Å². The van der Waals surface area contributed by atoms with E-state index in [2.05, 4.69) is 16.3 Å². The highest BCUT2D eigenvalue weighted by Crippen LogP contribution is 2.16. The van der Waals surface area contributed by atoms with Crippen LogP contribution >= 0.6 is 0 Å². The summed E-state index contributed by atoms with van der Waals surface area (Å²) in [5.41, 5.74) is 1.21. The summed E-state index contributed by atoms with van der Waals surface area (Å²) in [7, 11) is 3.74. The lowest BCUT2D eigenvalue weighted by Crippen LogP contribution is -2.38. The van der Waals surface area contributed by atoms with E-state index in [4.69, 9.17) is 9.15 Å². The number of hydrogen-bond donors (Lipinski definition) is 1. The first kappa shape index (κ1) is 12.6. The fraction of sp³-hybridized carbons (Fsp3) is 0.692. The fourth-order valence-corrected chi connectivity index (χ4v) is 2.38. The SMILES string of the molecule is CNCc1coc(CN2CCCC(OC)C2)c1. The lowest BCUT2D eigenvalue weighted by atomic mass is 10.1. The number of methoxy groups -OCH3 is 1. The van der Waals surface area contributed by atoms with Gasteiger partial charge >= 0.3 is 0 Å². The van der Waals surface area contributed by atoms with E-state index in [0.29, 0.717) is 6.10 Å². The summed E-state index contributed by atoms with van der Waals surface area (Å²) >= 11 is 0. The van der Waals surface area contributed by atoms with Gasteiger partial charge < -0.3 is 14.5 Å². The number of furan rings is 1. The molecule has 1 atom stereocenters. The summed E-state index contributed by atoms with van der Waals surface area (Å²) < 4.78 is 11.0. The number of ether oxygens (including phenoxy) is 1. The summed E-state index contributed by atoms with van der Waals surface area (Å²) in [6, 6.07) is 2.13. The maximum Gasteiger partial charge on any atom is 0.118 e. The highest BCUT2D eigenvalue weighted by Gasteiger charge is 2.20. The monoisotopic (exact) mass is 238 g/mol. The number of piperidine rings is 1. The predicted octanol–water partition coefficient (Wildman–Crippen LogP) is 1.61. The molecule has 1 fully saturated rings. The Hall–Kier alpha value is -0.840. The van der Waals surface area contributed by atoms with Crippen molar-refractivity contribution in [1.29, 1.82) is 0 Å². The van der Waals surface area contributed by atoms with Crippen LogP contribution in [0.15, 0.2) is 16.7 Å². The smallest absolute Gasteiger partial charge is 0.118 e. The summed E-state index contributed by atoms with van der Waals surface area (Å²) in [4.78, 5) is 2.40. The molecular weight excluding hydrogens is 216 g/mol. The fourth-order valence-electron chi connectivity index (χ4n) is 2.38. The molecule has 1 aromatic heterocycles. The molecule has 2 heterocycles. The van der Waals surface area contributed by atoms with Crippen LogP contribution in [-0.2, 0) is 17.8 Å². The van der Waals surface area contributed by atoms with Crippen LogP contribution in [0.2, 0.25) is 0 Å². The van der Waals surface area contributed by atoms with Crippen molar-refractivity contribution in [2.75, 3.05) is 27.2 Å². The minimum absolute atomic E-state index is 0.385. The first-order valence-corrected chi connectivity index (χ1v) is 6.28. The van der Waals surface area contributed by atoms with Crippen molar-refractivity contribution in [3.05, 3.63) is 23.7 Å². The van der Waals surface area contributed by atoms with Crippen molar-refractivity contribution < 1.29 is 9.15 Å². The Labute approximate surface area is 103 Å². The number of nitrogens with zero attached hydrogens (tertiary/aromatic N) is 1. The third-order valence-electron chi connectivity index (χ3n) is 3.26. The molecule has 17 heavy (non-hydrogen) atoms. The maximum absolute atomic E-state index is 5.57. The molecule has 2 rings (SSSR count). The Kier molecular flexibility index (Phi) is 4.59. The van der Waals surface area contributed by atoms with Gasteiger partial charge in [-0.05, 0) is 32.5 Å². The molecule has 1 N–H and O–H groups in total. The minimum Gasteiger partial charge on any atom is -0.468 e. The van der Waals surface area contributed by atoms with Gasteiger partial charge in [0, 0.05) is 25.8 Å². The minimum atomic E-state index is 0.385. The van der Waals surface area contributed by atoms with E-state index in [-0.39, 0.29) is 0 Å². The molecule has 0 spiro atoms. The Morgan fingerprint density at radius 2 is 2.47 bits per heavy atom. The van der Waals surface area contributed by atoms with Crippen LogP contribution in [0.3, 0.4) is 0 Å². The summed E-state index contributed by atoms with van der Waals surface area (Å²) in [5.74, 6) is 1.05. The Balaban J connectivity index is 1.86. The van der Waals surface area contributed by atoms with Crippen LogP contribution in [0, 0.1) is 0 Å². The van der Waals surface area contributed by atoms with Gasteiger partial charge in [-0.15, -0.1) is 0 Å². The molecule has 0 bridgehead atoms. The van der Waals surface area contributed by atoms with Gasteiger partial charge in [0.2, 0.25) is 0 Å². The largest absolute Gasteiger partial charge is 0.468 e. The first-order valence-electron chi connectivity index (χ1n) is 6.28. The average Bonchev–Trinajstić information content (AvgIpc) is 2.77. The van der Waals surface area contributed by atoms with Crippen LogP contribution in [0.25, 0.3) is 0 Å². The van der Waals surface area contributed by atoms with E-state index >= 15 is 0 Å². The van der Waals surface area contributed by atoms with Gasteiger partial charge in [0.05, 0.1) is 18.9 Å². The quantitative estimate of drug-likeness (QED) is 0.845. The van der Waals surface area contributed by atoms with E-state index in [0.717, 1.165) is 31.9 Å². The standard InChI is InChI=1S/C13H22N2O2/c1-14-7-11-6-13(17-10-11)9-15-5-3-4-12(8-15)16-2/h6,10,12,14H,3-5,7-9H2,1-2H3. The van der Waals surface area contributed by atoms with Gasteiger partial charge in [0.25, 0.3) is 0 Å². The summed E-state index contributed by atoms with van der Waals surface area (Å²) in [6.07, 6.45) is 4.61.